The molecular formula is C37H36N4O6. The fourth-order valence-corrected chi connectivity index (χ4v) is 5.79. The largest absolute Gasteiger partial charge is 0.504 e. The summed E-state index contributed by atoms with van der Waals surface area (Å²) < 4.78 is 16.2. The minimum Gasteiger partial charge on any atom is -0.504 e. The number of nitrogens with one attached hydrogen (secondary N) is 2. The Morgan fingerprint density at radius 2 is 1.57 bits per heavy atom. The van der Waals surface area contributed by atoms with E-state index in [1.807, 2.05) is 54.6 Å². The molecule has 1 aliphatic heterocycles. The predicted molar refractivity (Wildman–Crippen MR) is 181 cm³/mol. The molecule has 6 rings (SSSR count). The molecule has 0 fully saturated rings. The Kier molecular flexibility index (Phi) is 9.21. The van der Waals surface area contributed by atoms with Gasteiger partial charge in [-0.15, -0.1) is 0 Å². The number of carbonyl (C=O) groups excluding carboxylic acids is 2. The van der Waals surface area contributed by atoms with Gasteiger partial charge in [0.05, 0.1) is 43.7 Å². The second kappa shape index (κ2) is 13.8. The first kappa shape index (κ1) is 31.4. The Morgan fingerprint density at radius 3 is 2.34 bits per heavy atom. The first-order valence-electron chi connectivity index (χ1n) is 15.3. The number of ether oxygens (including phenoxy) is 3. The Balaban J connectivity index is 1.13. The van der Waals surface area contributed by atoms with Crippen LogP contribution >= 0.6 is 0 Å². The molecule has 0 atom stereocenters. The average Bonchev–Trinajstić information content (AvgIpc) is 3.10. The fourth-order valence-electron chi connectivity index (χ4n) is 5.79. The quantitative estimate of drug-likeness (QED) is 0.170. The number of hydrogen-bond donors (Lipinski definition) is 3. The zero-order valence-electron chi connectivity index (χ0n) is 26.5. The highest BCUT2D eigenvalue weighted by atomic mass is 16.5. The summed E-state index contributed by atoms with van der Waals surface area (Å²) in [4.78, 5) is 33.6. The third-order valence-corrected chi connectivity index (χ3v) is 8.39. The maximum Gasteiger partial charge on any atom is 0.257 e. The number of methoxy groups -OCH3 is 3. The second-order valence-corrected chi connectivity index (χ2v) is 11.3. The molecule has 0 aliphatic carbocycles. The molecule has 0 unspecified atom stereocenters. The zero-order valence-corrected chi connectivity index (χ0v) is 26.5. The van der Waals surface area contributed by atoms with Crippen LogP contribution in [0.15, 0.2) is 85.1 Å². The maximum atomic E-state index is 13.6. The van der Waals surface area contributed by atoms with Crippen molar-refractivity contribution in [2.24, 2.45) is 0 Å². The molecule has 0 bridgehead atoms. The third kappa shape index (κ3) is 6.97. The standard InChI is InChI=1S/C37H36N4O6/c1-45-33-18-27-22-41(15-13-24(27)17-32(33)42)14-12-23-8-10-28(11-9-23)39-37(44)29-19-34(46-2)35(47-3)20-31(29)40-36(43)26-16-25-6-4-5-7-30(25)38-21-26/h4-11,16-21,42H,12-15,22H2,1-3H3,(H,39,44)(H,40,43). The number of anilines is 2. The molecule has 1 aliphatic rings. The normalized spacial score (nSPS) is 12.7. The Bertz CT molecular complexity index is 1940. The van der Waals surface area contributed by atoms with Crippen molar-refractivity contribution in [3.8, 4) is 23.0 Å². The van der Waals surface area contributed by atoms with Crippen molar-refractivity contribution in [3.05, 3.63) is 113 Å². The summed E-state index contributed by atoms with van der Waals surface area (Å²) in [5, 5.41) is 16.7. The van der Waals surface area contributed by atoms with Crippen molar-refractivity contribution in [1.29, 1.82) is 0 Å². The summed E-state index contributed by atoms with van der Waals surface area (Å²) in [6.07, 6.45) is 3.22. The molecule has 5 aromatic rings. The molecule has 47 heavy (non-hydrogen) atoms. The van der Waals surface area contributed by atoms with E-state index in [0.717, 1.165) is 54.5 Å². The van der Waals surface area contributed by atoms with Gasteiger partial charge in [-0.05, 0) is 72.0 Å². The molecular weight excluding hydrogens is 596 g/mol. The van der Waals surface area contributed by atoms with E-state index in [4.69, 9.17) is 14.2 Å². The lowest BCUT2D eigenvalue weighted by molar-refractivity contribution is 0.102. The van der Waals surface area contributed by atoms with E-state index in [1.165, 1.54) is 26.0 Å². The Hall–Kier alpha value is -5.61. The molecule has 2 heterocycles. The smallest absolute Gasteiger partial charge is 0.257 e. The van der Waals surface area contributed by atoms with Crippen LogP contribution in [0.3, 0.4) is 0 Å². The summed E-state index contributed by atoms with van der Waals surface area (Å²) >= 11 is 0. The van der Waals surface area contributed by atoms with Crippen molar-refractivity contribution in [1.82, 2.24) is 9.88 Å². The van der Waals surface area contributed by atoms with Crippen molar-refractivity contribution in [3.63, 3.8) is 0 Å². The summed E-state index contributed by atoms with van der Waals surface area (Å²) in [6, 6.07) is 23.9. The van der Waals surface area contributed by atoms with Gasteiger partial charge in [0, 0.05) is 43.0 Å². The minimum atomic E-state index is -0.418. The first-order chi connectivity index (χ1) is 22.8. The van der Waals surface area contributed by atoms with Crippen LogP contribution in [0.25, 0.3) is 10.9 Å². The average molecular weight is 633 g/mol. The lowest BCUT2D eigenvalue weighted by Gasteiger charge is -2.29. The molecule has 2 amide bonds. The van der Waals surface area contributed by atoms with Gasteiger partial charge in [-0.2, -0.15) is 0 Å². The number of carbonyl (C=O) groups is 2. The van der Waals surface area contributed by atoms with Crippen molar-refractivity contribution in [2.75, 3.05) is 45.1 Å². The molecule has 1 aromatic heterocycles. The summed E-state index contributed by atoms with van der Waals surface area (Å²) in [5.74, 6) is 0.566. The fraction of sp³-hybridized carbons (Fsp3) is 0.216. The molecule has 240 valence electrons. The number of aromatic nitrogens is 1. The maximum absolute atomic E-state index is 13.6. The number of pyridine rings is 1. The number of para-hydroxylation sites is 1. The van der Waals surface area contributed by atoms with Crippen molar-refractivity contribution >= 4 is 34.1 Å². The molecule has 3 N–H and O–H groups in total. The number of benzene rings is 4. The number of phenolic OH excluding ortho intramolecular Hbond substituents is 1. The third-order valence-electron chi connectivity index (χ3n) is 8.39. The van der Waals surface area contributed by atoms with Crippen LogP contribution < -0.4 is 24.8 Å². The first-order valence-corrected chi connectivity index (χ1v) is 15.3. The molecule has 0 saturated heterocycles. The SMILES string of the molecule is COc1cc2c(cc1O)CCN(CCc1ccc(NC(=O)c3cc(OC)c(OC)cc3NC(=O)c3cnc4ccccc4c3)cc1)C2. The number of fused-ring (bicyclic) bond motifs is 2. The van der Waals surface area contributed by atoms with Gasteiger partial charge in [0.2, 0.25) is 0 Å². The lowest BCUT2D eigenvalue weighted by atomic mass is 9.98. The van der Waals surface area contributed by atoms with Crippen LogP contribution in [0.5, 0.6) is 23.0 Å². The van der Waals surface area contributed by atoms with Crippen LogP contribution in [0.4, 0.5) is 11.4 Å². The topological polar surface area (TPSA) is 122 Å². The summed E-state index contributed by atoms with van der Waals surface area (Å²) in [7, 11) is 4.54. The van der Waals surface area contributed by atoms with E-state index in [-0.39, 0.29) is 17.0 Å². The van der Waals surface area contributed by atoms with Crippen molar-refractivity contribution in [2.45, 2.75) is 19.4 Å². The van der Waals surface area contributed by atoms with E-state index < -0.39 is 11.8 Å². The number of rotatable bonds is 10. The minimum absolute atomic E-state index is 0.178. The highest BCUT2D eigenvalue weighted by molar-refractivity contribution is 6.13. The number of hydrogen-bond acceptors (Lipinski definition) is 8. The summed E-state index contributed by atoms with van der Waals surface area (Å²) in [6.45, 7) is 2.58. The number of phenols is 1. The molecule has 0 radical (unpaired) electrons. The Labute approximate surface area is 272 Å². The van der Waals surface area contributed by atoms with Gasteiger partial charge < -0.3 is 30.0 Å². The van der Waals surface area contributed by atoms with Gasteiger partial charge in [-0.1, -0.05) is 30.3 Å². The molecule has 10 nitrogen and oxygen atoms in total. The predicted octanol–water partition coefficient (Wildman–Crippen LogP) is 6.07. The van der Waals surface area contributed by atoms with Crippen LogP contribution in [0.2, 0.25) is 0 Å². The van der Waals surface area contributed by atoms with Gasteiger partial charge in [0.1, 0.15) is 0 Å². The Morgan fingerprint density at radius 1 is 0.830 bits per heavy atom. The van der Waals surface area contributed by atoms with Crippen molar-refractivity contribution < 1.29 is 28.9 Å². The number of nitrogens with zero attached hydrogens (tertiary/aromatic N) is 2. The monoisotopic (exact) mass is 632 g/mol. The van der Waals surface area contributed by atoms with Gasteiger partial charge in [-0.3, -0.25) is 19.5 Å². The van der Waals surface area contributed by atoms with Crippen LogP contribution in [-0.2, 0) is 19.4 Å². The van der Waals surface area contributed by atoms with Gasteiger partial charge in [0.25, 0.3) is 11.8 Å². The second-order valence-electron chi connectivity index (χ2n) is 11.3. The van der Waals surface area contributed by atoms with Gasteiger partial charge in [-0.25, -0.2) is 0 Å². The molecule has 10 heteroatoms. The zero-order chi connectivity index (χ0) is 32.9. The van der Waals surface area contributed by atoms with Crippen LogP contribution in [0.1, 0.15) is 37.4 Å². The molecule has 4 aromatic carbocycles. The van der Waals surface area contributed by atoms with E-state index in [1.54, 1.807) is 31.4 Å². The van der Waals surface area contributed by atoms with E-state index in [9.17, 15) is 14.7 Å². The highest BCUT2D eigenvalue weighted by Crippen LogP contribution is 2.35. The number of aromatic hydroxyl groups is 1. The molecule has 0 spiro atoms. The van der Waals surface area contributed by atoms with Gasteiger partial charge >= 0.3 is 0 Å². The van der Waals surface area contributed by atoms with E-state index >= 15 is 0 Å². The van der Waals surface area contributed by atoms with Crippen LogP contribution in [-0.4, -0.2) is 61.2 Å². The lowest BCUT2D eigenvalue weighted by Crippen LogP contribution is -2.32. The number of amides is 2. The van der Waals surface area contributed by atoms with E-state index in [0.29, 0.717) is 28.5 Å². The van der Waals surface area contributed by atoms with Crippen LogP contribution in [0, 0.1) is 0 Å². The van der Waals surface area contributed by atoms with E-state index in [2.05, 4.69) is 20.5 Å². The molecule has 0 saturated carbocycles. The summed E-state index contributed by atoms with van der Waals surface area (Å²) in [5.41, 5.74) is 5.69. The van der Waals surface area contributed by atoms with Gasteiger partial charge in [0.15, 0.2) is 23.0 Å². The highest BCUT2D eigenvalue weighted by Gasteiger charge is 2.21.